The topological polar surface area (TPSA) is 84.2 Å². The van der Waals surface area contributed by atoms with Crippen LogP contribution >= 0.6 is 11.8 Å². The Hall–Kier alpha value is -1.50. The molecule has 0 saturated heterocycles. The summed E-state index contributed by atoms with van der Waals surface area (Å²) in [7, 11) is 1.75. The molecule has 1 aromatic rings. The molecular formula is C12H19N3O3S. The standard InChI is InChI=1S/C12H19N3O3S/c1-7-10(8(2)15(3)14-7)11(16)13-9(12(17)18)5-6-19-4/h9H,5-6H2,1-4H3,(H,13,16)(H,17,18)/t9-/m1/s1. The van der Waals surface area contributed by atoms with Gasteiger partial charge in [0, 0.05) is 12.7 Å². The molecule has 0 fully saturated rings. The monoisotopic (exact) mass is 285 g/mol. The summed E-state index contributed by atoms with van der Waals surface area (Å²) in [6.45, 7) is 3.52. The van der Waals surface area contributed by atoms with Crippen LogP contribution in [0.25, 0.3) is 0 Å². The molecule has 106 valence electrons. The lowest BCUT2D eigenvalue weighted by Crippen LogP contribution is -2.41. The normalized spacial score (nSPS) is 12.2. The molecule has 1 atom stereocenters. The Balaban J connectivity index is 2.85. The molecule has 1 aromatic heterocycles. The van der Waals surface area contributed by atoms with Crippen molar-refractivity contribution in [1.82, 2.24) is 15.1 Å². The van der Waals surface area contributed by atoms with Gasteiger partial charge in [0.15, 0.2) is 0 Å². The van der Waals surface area contributed by atoms with Crippen LogP contribution in [0.5, 0.6) is 0 Å². The zero-order chi connectivity index (χ0) is 14.6. The lowest BCUT2D eigenvalue weighted by atomic mass is 10.1. The van der Waals surface area contributed by atoms with Gasteiger partial charge in [-0.05, 0) is 32.3 Å². The van der Waals surface area contributed by atoms with Crippen LogP contribution in [0, 0.1) is 13.8 Å². The zero-order valence-electron chi connectivity index (χ0n) is 11.6. The number of aliphatic carboxylic acids is 1. The first-order valence-corrected chi connectivity index (χ1v) is 7.30. The number of hydrogen-bond donors (Lipinski definition) is 2. The van der Waals surface area contributed by atoms with E-state index < -0.39 is 12.0 Å². The Labute approximate surface area is 116 Å². The molecule has 0 radical (unpaired) electrons. The highest BCUT2D eigenvalue weighted by atomic mass is 32.2. The number of carboxylic acid groups (broad SMARTS) is 1. The van der Waals surface area contributed by atoms with Crippen molar-refractivity contribution in [2.24, 2.45) is 7.05 Å². The molecule has 0 unspecified atom stereocenters. The van der Waals surface area contributed by atoms with Crippen LogP contribution in [-0.4, -0.2) is 44.8 Å². The van der Waals surface area contributed by atoms with E-state index >= 15 is 0 Å². The minimum atomic E-state index is -1.01. The number of carbonyl (C=O) groups excluding carboxylic acids is 1. The number of nitrogens with zero attached hydrogens (tertiary/aromatic N) is 2. The molecule has 2 N–H and O–H groups in total. The van der Waals surface area contributed by atoms with Gasteiger partial charge in [-0.2, -0.15) is 16.9 Å². The fourth-order valence-corrected chi connectivity index (χ4v) is 2.30. The van der Waals surface area contributed by atoms with E-state index in [1.807, 2.05) is 6.26 Å². The number of amides is 1. The van der Waals surface area contributed by atoms with E-state index in [1.54, 1.807) is 37.3 Å². The van der Waals surface area contributed by atoms with Crippen LogP contribution in [0.2, 0.25) is 0 Å². The summed E-state index contributed by atoms with van der Waals surface area (Å²) >= 11 is 1.55. The second kappa shape index (κ2) is 6.60. The molecule has 0 aliphatic heterocycles. The number of rotatable bonds is 6. The van der Waals surface area contributed by atoms with Gasteiger partial charge < -0.3 is 10.4 Å². The maximum Gasteiger partial charge on any atom is 0.326 e. The van der Waals surface area contributed by atoms with Crippen LogP contribution < -0.4 is 5.32 Å². The molecule has 6 nitrogen and oxygen atoms in total. The fraction of sp³-hybridized carbons (Fsp3) is 0.583. The predicted molar refractivity (Wildman–Crippen MR) is 74.6 cm³/mol. The molecule has 0 saturated carbocycles. The Morgan fingerprint density at radius 3 is 2.53 bits per heavy atom. The van der Waals surface area contributed by atoms with E-state index in [4.69, 9.17) is 5.11 Å². The van der Waals surface area contributed by atoms with Crippen molar-refractivity contribution in [3.63, 3.8) is 0 Å². The summed E-state index contributed by atoms with van der Waals surface area (Å²) in [5.41, 5.74) is 1.79. The molecule has 0 aliphatic rings. The summed E-state index contributed by atoms with van der Waals surface area (Å²) in [6, 6.07) is -0.862. The van der Waals surface area contributed by atoms with E-state index in [-0.39, 0.29) is 5.91 Å². The van der Waals surface area contributed by atoms with E-state index in [9.17, 15) is 9.59 Å². The van der Waals surface area contributed by atoms with Gasteiger partial charge in [0.25, 0.3) is 5.91 Å². The third-order valence-corrected chi connectivity index (χ3v) is 3.59. The average Bonchev–Trinajstić information content (AvgIpc) is 2.58. The van der Waals surface area contributed by atoms with Gasteiger partial charge in [-0.3, -0.25) is 9.48 Å². The highest BCUT2D eigenvalue weighted by molar-refractivity contribution is 7.98. The van der Waals surface area contributed by atoms with Crippen LogP contribution in [0.15, 0.2) is 0 Å². The third-order valence-electron chi connectivity index (χ3n) is 2.95. The van der Waals surface area contributed by atoms with Crippen molar-refractivity contribution < 1.29 is 14.7 Å². The highest BCUT2D eigenvalue weighted by Crippen LogP contribution is 2.12. The molecule has 0 spiro atoms. The number of nitrogens with one attached hydrogen (secondary N) is 1. The maximum atomic E-state index is 12.1. The van der Waals surface area contributed by atoms with Crippen LogP contribution in [0.4, 0.5) is 0 Å². The Kier molecular flexibility index (Phi) is 5.41. The number of carboxylic acids is 1. The minimum absolute atomic E-state index is 0.378. The zero-order valence-corrected chi connectivity index (χ0v) is 12.4. The van der Waals surface area contributed by atoms with Gasteiger partial charge in [-0.15, -0.1) is 0 Å². The summed E-state index contributed by atoms with van der Waals surface area (Å²) < 4.78 is 1.61. The van der Waals surface area contributed by atoms with Crippen molar-refractivity contribution in [2.75, 3.05) is 12.0 Å². The number of carbonyl (C=O) groups is 2. The third kappa shape index (κ3) is 3.73. The van der Waals surface area contributed by atoms with E-state index in [0.29, 0.717) is 23.4 Å². The Bertz CT molecular complexity index is 485. The molecular weight excluding hydrogens is 266 g/mol. The maximum absolute atomic E-state index is 12.1. The van der Waals surface area contributed by atoms with Gasteiger partial charge in [0.1, 0.15) is 6.04 Å². The molecule has 7 heteroatoms. The lowest BCUT2D eigenvalue weighted by molar-refractivity contribution is -0.139. The van der Waals surface area contributed by atoms with E-state index in [0.717, 1.165) is 5.69 Å². The van der Waals surface area contributed by atoms with Crippen LogP contribution in [-0.2, 0) is 11.8 Å². The largest absolute Gasteiger partial charge is 0.480 e. The molecule has 1 rings (SSSR count). The van der Waals surface area contributed by atoms with Gasteiger partial charge in [-0.25, -0.2) is 4.79 Å². The van der Waals surface area contributed by atoms with Gasteiger partial charge in [0.2, 0.25) is 0 Å². The minimum Gasteiger partial charge on any atom is -0.480 e. The van der Waals surface area contributed by atoms with Crippen molar-refractivity contribution in [3.05, 3.63) is 17.0 Å². The smallest absolute Gasteiger partial charge is 0.326 e. The summed E-state index contributed by atoms with van der Waals surface area (Å²) in [4.78, 5) is 23.2. The number of aromatic nitrogens is 2. The molecule has 0 aromatic carbocycles. The summed E-state index contributed by atoms with van der Waals surface area (Å²) in [5.74, 6) is -0.708. The number of hydrogen-bond acceptors (Lipinski definition) is 4. The van der Waals surface area contributed by atoms with Crippen molar-refractivity contribution in [3.8, 4) is 0 Å². The first-order chi connectivity index (χ1) is 8.88. The molecule has 0 bridgehead atoms. The van der Waals surface area contributed by atoms with Gasteiger partial charge >= 0.3 is 5.97 Å². The average molecular weight is 285 g/mol. The molecule has 1 heterocycles. The van der Waals surface area contributed by atoms with Gasteiger partial charge in [-0.1, -0.05) is 0 Å². The highest BCUT2D eigenvalue weighted by Gasteiger charge is 2.23. The molecule has 19 heavy (non-hydrogen) atoms. The SMILES string of the molecule is CSCC[C@@H](NC(=O)c1c(C)nn(C)c1C)C(=O)O. The summed E-state index contributed by atoms with van der Waals surface area (Å²) in [6.07, 6.45) is 2.30. The first-order valence-electron chi connectivity index (χ1n) is 5.91. The Morgan fingerprint density at radius 2 is 2.11 bits per heavy atom. The van der Waals surface area contributed by atoms with Crippen molar-refractivity contribution >= 4 is 23.6 Å². The fourth-order valence-electron chi connectivity index (χ4n) is 1.83. The molecule has 1 amide bonds. The summed E-state index contributed by atoms with van der Waals surface area (Å²) in [5, 5.41) is 15.8. The number of aryl methyl sites for hydroxylation is 2. The quantitative estimate of drug-likeness (QED) is 0.813. The predicted octanol–water partition coefficient (Wildman–Crippen LogP) is 0.973. The van der Waals surface area contributed by atoms with Crippen LogP contribution in [0.1, 0.15) is 28.2 Å². The molecule has 0 aliphatic carbocycles. The van der Waals surface area contributed by atoms with Crippen molar-refractivity contribution in [2.45, 2.75) is 26.3 Å². The Morgan fingerprint density at radius 1 is 1.47 bits per heavy atom. The second-order valence-electron chi connectivity index (χ2n) is 4.32. The van der Waals surface area contributed by atoms with Crippen molar-refractivity contribution in [1.29, 1.82) is 0 Å². The van der Waals surface area contributed by atoms with Gasteiger partial charge in [0.05, 0.1) is 11.3 Å². The lowest BCUT2D eigenvalue weighted by Gasteiger charge is -2.14. The second-order valence-corrected chi connectivity index (χ2v) is 5.30. The van der Waals surface area contributed by atoms with Crippen LogP contribution in [0.3, 0.4) is 0 Å². The first kappa shape index (κ1) is 15.6. The van der Waals surface area contributed by atoms with E-state index in [1.165, 1.54) is 0 Å². The van der Waals surface area contributed by atoms with E-state index in [2.05, 4.69) is 10.4 Å². The number of thioether (sulfide) groups is 1.